The standard InChI is InChI=1S/C9H19NO/c1-7(11)8(2,3)6-9(4,5)10/h6,10H2,1-5H3. The van der Waals surface area contributed by atoms with Gasteiger partial charge >= 0.3 is 0 Å². The molecular formula is C9H19NO. The van der Waals surface area contributed by atoms with Crippen LogP contribution in [0.3, 0.4) is 0 Å². The fourth-order valence-corrected chi connectivity index (χ4v) is 1.26. The van der Waals surface area contributed by atoms with E-state index in [0.717, 1.165) is 6.42 Å². The summed E-state index contributed by atoms with van der Waals surface area (Å²) >= 11 is 0. The predicted molar refractivity (Wildman–Crippen MR) is 47.3 cm³/mol. The summed E-state index contributed by atoms with van der Waals surface area (Å²) in [5, 5.41) is 0. The van der Waals surface area contributed by atoms with E-state index in [2.05, 4.69) is 0 Å². The summed E-state index contributed by atoms with van der Waals surface area (Å²) in [4.78, 5) is 11.1. The summed E-state index contributed by atoms with van der Waals surface area (Å²) in [6.07, 6.45) is 0.731. The molecule has 0 aromatic heterocycles. The Balaban J connectivity index is 4.25. The summed E-state index contributed by atoms with van der Waals surface area (Å²) in [5.74, 6) is 0.205. The predicted octanol–water partition coefficient (Wildman–Crippen LogP) is 1.73. The quantitative estimate of drug-likeness (QED) is 0.678. The molecule has 0 heterocycles. The first-order valence-corrected chi connectivity index (χ1v) is 3.95. The van der Waals surface area contributed by atoms with Crippen molar-refractivity contribution in [1.82, 2.24) is 0 Å². The highest BCUT2D eigenvalue weighted by Crippen LogP contribution is 2.26. The van der Waals surface area contributed by atoms with Crippen LogP contribution in [-0.2, 0) is 4.79 Å². The third kappa shape index (κ3) is 4.14. The fourth-order valence-electron chi connectivity index (χ4n) is 1.26. The van der Waals surface area contributed by atoms with Gasteiger partial charge in [-0.15, -0.1) is 0 Å². The maximum absolute atomic E-state index is 11.1. The molecule has 0 aliphatic carbocycles. The highest BCUT2D eigenvalue weighted by Gasteiger charge is 2.29. The van der Waals surface area contributed by atoms with Crippen molar-refractivity contribution in [3.63, 3.8) is 0 Å². The molecule has 0 aliphatic heterocycles. The van der Waals surface area contributed by atoms with Crippen molar-refractivity contribution in [3.8, 4) is 0 Å². The largest absolute Gasteiger partial charge is 0.326 e. The Labute approximate surface area is 69.2 Å². The van der Waals surface area contributed by atoms with Crippen LogP contribution in [0.1, 0.15) is 41.0 Å². The van der Waals surface area contributed by atoms with Crippen molar-refractivity contribution in [3.05, 3.63) is 0 Å². The molecule has 0 aromatic rings. The summed E-state index contributed by atoms with van der Waals surface area (Å²) in [5.41, 5.74) is 5.27. The minimum Gasteiger partial charge on any atom is -0.326 e. The van der Waals surface area contributed by atoms with E-state index in [-0.39, 0.29) is 16.7 Å². The molecule has 0 unspecified atom stereocenters. The minimum absolute atomic E-state index is 0.205. The lowest BCUT2D eigenvalue weighted by atomic mass is 9.78. The van der Waals surface area contributed by atoms with E-state index >= 15 is 0 Å². The Morgan fingerprint density at radius 2 is 1.64 bits per heavy atom. The van der Waals surface area contributed by atoms with Crippen LogP contribution < -0.4 is 5.73 Å². The highest BCUT2D eigenvalue weighted by molar-refractivity contribution is 5.81. The lowest BCUT2D eigenvalue weighted by Crippen LogP contribution is -2.39. The summed E-state index contributed by atoms with van der Waals surface area (Å²) in [6.45, 7) is 9.37. The number of carbonyl (C=O) groups excluding carboxylic acids is 1. The van der Waals surface area contributed by atoms with Gasteiger partial charge in [-0.2, -0.15) is 0 Å². The normalized spacial score (nSPS) is 13.3. The zero-order chi connectivity index (χ0) is 9.28. The highest BCUT2D eigenvalue weighted by atomic mass is 16.1. The third-order valence-corrected chi connectivity index (χ3v) is 1.85. The molecule has 2 heteroatoms. The van der Waals surface area contributed by atoms with Crippen molar-refractivity contribution >= 4 is 5.78 Å². The molecule has 0 fully saturated rings. The first-order chi connectivity index (χ1) is 4.65. The molecule has 0 saturated carbocycles. The number of carbonyl (C=O) groups is 1. The topological polar surface area (TPSA) is 43.1 Å². The Kier molecular flexibility index (Phi) is 2.84. The molecule has 0 radical (unpaired) electrons. The van der Waals surface area contributed by atoms with E-state index in [4.69, 9.17) is 5.73 Å². The molecule has 2 nitrogen and oxygen atoms in total. The smallest absolute Gasteiger partial charge is 0.135 e. The zero-order valence-corrected chi connectivity index (χ0v) is 8.19. The first kappa shape index (κ1) is 10.6. The summed E-state index contributed by atoms with van der Waals surface area (Å²) in [6, 6.07) is 0. The van der Waals surface area contributed by atoms with Gasteiger partial charge in [0.2, 0.25) is 0 Å². The van der Waals surface area contributed by atoms with Crippen molar-refractivity contribution < 1.29 is 4.79 Å². The maximum atomic E-state index is 11.1. The summed E-state index contributed by atoms with van der Waals surface area (Å²) in [7, 11) is 0. The van der Waals surface area contributed by atoms with Gasteiger partial charge in [0.05, 0.1) is 0 Å². The fraction of sp³-hybridized carbons (Fsp3) is 0.889. The van der Waals surface area contributed by atoms with Gasteiger partial charge in [-0.1, -0.05) is 13.8 Å². The SMILES string of the molecule is CC(=O)C(C)(C)CC(C)(C)N. The molecular weight excluding hydrogens is 138 g/mol. The van der Waals surface area contributed by atoms with Crippen molar-refractivity contribution in [2.24, 2.45) is 11.1 Å². The van der Waals surface area contributed by atoms with E-state index in [0.29, 0.717) is 0 Å². The van der Waals surface area contributed by atoms with E-state index < -0.39 is 0 Å². The average molecular weight is 157 g/mol. The molecule has 0 aromatic carbocycles. The maximum Gasteiger partial charge on any atom is 0.135 e. The van der Waals surface area contributed by atoms with Gasteiger partial charge in [0, 0.05) is 11.0 Å². The Morgan fingerprint density at radius 3 is 1.73 bits per heavy atom. The molecule has 11 heavy (non-hydrogen) atoms. The summed E-state index contributed by atoms with van der Waals surface area (Å²) < 4.78 is 0. The van der Waals surface area contributed by atoms with Gasteiger partial charge in [0.15, 0.2) is 0 Å². The van der Waals surface area contributed by atoms with E-state index in [1.54, 1.807) is 6.92 Å². The molecule has 0 spiro atoms. The lowest BCUT2D eigenvalue weighted by Gasteiger charge is -2.29. The zero-order valence-electron chi connectivity index (χ0n) is 8.19. The molecule has 0 aliphatic rings. The van der Waals surface area contributed by atoms with Crippen LogP contribution in [0.5, 0.6) is 0 Å². The van der Waals surface area contributed by atoms with Crippen LogP contribution in [0.15, 0.2) is 0 Å². The van der Waals surface area contributed by atoms with Gasteiger partial charge in [0.1, 0.15) is 5.78 Å². The Morgan fingerprint density at radius 1 is 1.27 bits per heavy atom. The number of rotatable bonds is 3. The van der Waals surface area contributed by atoms with Crippen LogP contribution in [0.4, 0.5) is 0 Å². The monoisotopic (exact) mass is 157 g/mol. The Hall–Kier alpha value is -0.370. The second-order valence-corrected chi connectivity index (χ2v) is 4.61. The van der Waals surface area contributed by atoms with Gasteiger partial charge in [0.25, 0.3) is 0 Å². The van der Waals surface area contributed by atoms with Gasteiger partial charge < -0.3 is 5.73 Å². The van der Waals surface area contributed by atoms with Gasteiger partial charge in [-0.25, -0.2) is 0 Å². The van der Waals surface area contributed by atoms with Crippen LogP contribution in [-0.4, -0.2) is 11.3 Å². The third-order valence-electron chi connectivity index (χ3n) is 1.85. The number of hydrogen-bond acceptors (Lipinski definition) is 2. The first-order valence-electron chi connectivity index (χ1n) is 3.95. The van der Waals surface area contributed by atoms with E-state index in [1.165, 1.54) is 0 Å². The van der Waals surface area contributed by atoms with Gasteiger partial charge in [-0.05, 0) is 27.2 Å². The van der Waals surface area contributed by atoms with E-state index in [9.17, 15) is 4.79 Å². The van der Waals surface area contributed by atoms with Crippen molar-refractivity contribution in [2.75, 3.05) is 0 Å². The lowest BCUT2D eigenvalue weighted by molar-refractivity contribution is -0.125. The molecule has 0 rings (SSSR count). The number of nitrogens with two attached hydrogens (primary N) is 1. The minimum atomic E-state index is -0.280. The van der Waals surface area contributed by atoms with E-state index in [1.807, 2.05) is 27.7 Å². The number of Topliss-reactive ketones (excluding diaryl/α,β-unsaturated/α-hetero) is 1. The molecule has 0 saturated heterocycles. The van der Waals surface area contributed by atoms with Crippen LogP contribution in [0.25, 0.3) is 0 Å². The molecule has 66 valence electrons. The van der Waals surface area contributed by atoms with Crippen LogP contribution in [0.2, 0.25) is 0 Å². The van der Waals surface area contributed by atoms with Crippen LogP contribution in [0, 0.1) is 5.41 Å². The van der Waals surface area contributed by atoms with Crippen LogP contribution >= 0.6 is 0 Å². The van der Waals surface area contributed by atoms with Crippen molar-refractivity contribution in [1.29, 1.82) is 0 Å². The number of ketones is 1. The molecule has 0 atom stereocenters. The second-order valence-electron chi connectivity index (χ2n) is 4.61. The van der Waals surface area contributed by atoms with Crippen molar-refractivity contribution in [2.45, 2.75) is 46.6 Å². The Bertz CT molecular complexity index is 153. The molecule has 2 N–H and O–H groups in total. The second kappa shape index (κ2) is 2.94. The molecule has 0 amide bonds. The average Bonchev–Trinajstić information content (AvgIpc) is 1.56. The van der Waals surface area contributed by atoms with Gasteiger partial charge in [-0.3, -0.25) is 4.79 Å². The molecule has 0 bridgehead atoms. The number of hydrogen-bond donors (Lipinski definition) is 1.